The minimum absolute atomic E-state index is 0. The molecule has 0 bridgehead atoms. The van der Waals surface area contributed by atoms with E-state index < -0.39 is 47.2 Å². The summed E-state index contributed by atoms with van der Waals surface area (Å²) in [4.78, 5) is 115. The van der Waals surface area contributed by atoms with Gasteiger partial charge in [0.2, 0.25) is 11.2 Å². The number of methoxy groups -OCH3 is 2. The number of aryl methyl sites for hydroxylation is 4. The van der Waals surface area contributed by atoms with Crippen LogP contribution in [0.4, 0.5) is 0 Å². The maximum Gasteiger partial charge on any atom is 0.373 e. The molecule has 4 aliphatic rings. The average molecular weight is 1180 g/mol. The number of benzene rings is 2. The van der Waals surface area contributed by atoms with Gasteiger partial charge in [0.1, 0.15) is 23.7 Å². The molecule has 0 amide bonds. The molecule has 83 heavy (non-hydrogen) atoms. The molecule has 2 saturated carbocycles. The summed E-state index contributed by atoms with van der Waals surface area (Å²) < 4.78 is 29.1. The van der Waals surface area contributed by atoms with Crippen molar-refractivity contribution in [2.45, 2.75) is 116 Å². The smallest absolute Gasteiger partial charge is 0.373 e. The summed E-state index contributed by atoms with van der Waals surface area (Å²) >= 11 is 13.6. The number of ether oxygens (including phenoxy) is 5. The van der Waals surface area contributed by atoms with Gasteiger partial charge < -0.3 is 28.6 Å². The monoisotopic (exact) mass is 1180 g/mol. The predicted octanol–water partition coefficient (Wildman–Crippen LogP) is 8.78. The largest absolute Gasteiger partial charge is 0.466 e. The number of imidazole rings is 2. The van der Waals surface area contributed by atoms with Crippen molar-refractivity contribution >= 4 is 77.1 Å². The van der Waals surface area contributed by atoms with E-state index in [0.717, 1.165) is 45.0 Å². The van der Waals surface area contributed by atoms with Crippen molar-refractivity contribution in [2.24, 2.45) is 9.98 Å². The van der Waals surface area contributed by atoms with Gasteiger partial charge in [-0.25, -0.2) is 24.8 Å². The van der Waals surface area contributed by atoms with Crippen LogP contribution in [0.2, 0.25) is 10.0 Å². The van der Waals surface area contributed by atoms with Crippen molar-refractivity contribution in [1.29, 1.82) is 0 Å². The van der Waals surface area contributed by atoms with Crippen LogP contribution < -0.4 is 0 Å². The standard InChI is InChI=1S/2C26H25ClN4O4.C4H8O2.CH2O3.CO2.H2/c2*1-15-12-17(27)22-20(13-15)31-16(2)14-29-24(31)19(30-23(22)18-6-4-5-11-28-18)7-8-21(32)35-26(9-10-26)25(33)34-3;1-3-6-4(2)5;2-1-4-3;2-1-3;/h2*4-6,11-14,19H,7-10H2,1-3H3;3H2,1-2H3;1,3H;;1H/t2*19-;;;;/m00..../s1. The zero-order chi connectivity index (χ0) is 60.6. The van der Waals surface area contributed by atoms with Gasteiger partial charge >= 0.3 is 42.5 Å². The van der Waals surface area contributed by atoms with Crippen LogP contribution in [0.5, 0.6) is 0 Å². The summed E-state index contributed by atoms with van der Waals surface area (Å²) in [7, 11) is 2.59. The first kappa shape index (κ1) is 63.4. The van der Waals surface area contributed by atoms with Crippen LogP contribution in [-0.4, -0.2) is 120 Å². The molecule has 10 rings (SSSR count). The molecular formula is C58H62Cl2N8O15. The topological polar surface area (TPSA) is 298 Å². The quantitative estimate of drug-likeness (QED) is 0.0350. The van der Waals surface area contributed by atoms with E-state index in [4.69, 9.17) is 71.8 Å². The fraction of sp³-hybridized carbons (Fsp3) is 0.362. The highest BCUT2D eigenvalue weighted by Crippen LogP contribution is 2.44. The number of esters is 5. The van der Waals surface area contributed by atoms with E-state index in [0.29, 0.717) is 89.6 Å². The molecule has 23 nitrogen and oxygen atoms in total. The molecule has 6 heterocycles. The lowest BCUT2D eigenvalue weighted by Gasteiger charge is -2.16. The van der Waals surface area contributed by atoms with Crippen LogP contribution in [0.3, 0.4) is 0 Å². The summed E-state index contributed by atoms with van der Waals surface area (Å²) in [6.45, 7) is 11.5. The minimum Gasteiger partial charge on any atom is -0.466 e. The van der Waals surface area contributed by atoms with Crippen molar-refractivity contribution < 1.29 is 73.6 Å². The van der Waals surface area contributed by atoms with E-state index in [1.165, 1.54) is 21.1 Å². The van der Waals surface area contributed by atoms with E-state index in [9.17, 15) is 24.0 Å². The SMILES string of the molecule is CCOC(C)=O.COC(=O)C1(OC(=O)CC[C@@H]2N=C(c3ccccn3)c3c(Cl)cc(C)cc3-n3c(C)cnc32)CC1.COC(=O)C1(OC(=O)CC[C@@H]2N=C(c3ccccn3)c3c(Cl)cc(C)cc3-n3c(C)cnc32)CC1.O=C=O.O=COO.[HH]. The van der Waals surface area contributed by atoms with E-state index in [1.54, 1.807) is 31.7 Å². The van der Waals surface area contributed by atoms with Crippen molar-refractivity contribution in [2.75, 3.05) is 20.8 Å². The molecule has 438 valence electrons. The Hall–Kier alpha value is -8.76. The molecule has 0 radical (unpaired) electrons. The second-order valence-electron chi connectivity index (χ2n) is 19.1. The van der Waals surface area contributed by atoms with Gasteiger partial charge in [0.25, 0.3) is 0 Å². The number of halogens is 2. The van der Waals surface area contributed by atoms with Crippen molar-refractivity contribution in [3.8, 4) is 11.4 Å². The summed E-state index contributed by atoms with van der Waals surface area (Å²) in [6, 6.07) is 18.3. The third kappa shape index (κ3) is 15.4. The molecule has 2 aliphatic carbocycles. The van der Waals surface area contributed by atoms with Crippen LogP contribution in [0.15, 0.2) is 95.4 Å². The molecular weight excluding hydrogens is 1120 g/mol. The van der Waals surface area contributed by atoms with Crippen molar-refractivity contribution in [1.82, 2.24) is 29.1 Å². The maximum atomic E-state index is 12.7. The van der Waals surface area contributed by atoms with Gasteiger partial charge in [0, 0.05) is 94.2 Å². The minimum atomic E-state index is -1.13. The fourth-order valence-corrected chi connectivity index (χ4v) is 9.88. The first-order valence-corrected chi connectivity index (χ1v) is 26.7. The van der Waals surface area contributed by atoms with E-state index in [1.807, 2.05) is 85.4 Å². The zero-order valence-electron chi connectivity index (χ0n) is 46.7. The highest BCUT2D eigenvalue weighted by Gasteiger charge is 2.56. The number of aromatic nitrogens is 6. The van der Waals surface area contributed by atoms with Gasteiger partial charge in [-0.1, -0.05) is 35.3 Å². The zero-order valence-corrected chi connectivity index (χ0v) is 48.2. The third-order valence-electron chi connectivity index (χ3n) is 13.1. The molecule has 2 aromatic carbocycles. The summed E-state index contributed by atoms with van der Waals surface area (Å²) in [5.74, 6) is -0.750. The van der Waals surface area contributed by atoms with Crippen LogP contribution in [-0.2, 0) is 66.9 Å². The number of hydrogen-bond donors (Lipinski definition) is 1. The average Bonchev–Trinajstić information content (AvgIpc) is 2.18. The van der Waals surface area contributed by atoms with Crippen molar-refractivity contribution in [3.63, 3.8) is 0 Å². The van der Waals surface area contributed by atoms with Gasteiger partial charge in [-0.3, -0.25) is 48.3 Å². The number of aliphatic imine (C=N–C) groups is 2. The molecule has 6 aromatic rings. The Morgan fingerprint density at radius 2 is 1.07 bits per heavy atom. The first-order valence-electron chi connectivity index (χ1n) is 25.9. The Morgan fingerprint density at radius 3 is 1.36 bits per heavy atom. The Balaban J connectivity index is 0.000000252. The lowest BCUT2D eigenvalue weighted by atomic mass is 10.0. The normalized spacial score (nSPS) is 15.7. The Morgan fingerprint density at radius 1 is 0.687 bits per heavy atom. The second-order valence-corrected chi connectivity index (χ2v) is 19.9. The number of carbonyl (C=O) groups excluding carboxylic acids is 8. The van der Waals surface area contributed by atoms with Crippen molar-refractivity contribution in [3.05, 3.63) is 152 Å². The Labute approximate surface area is 488 Å². The van der Waals surface area contributed by atoms with Crippen LogP contribution in [0.1, 0.15) is 135 Å². The maximum absolute atomic E-state index is 12.7. The molecule has 1 N–H and O–H groups in total. The van der Waals surface area contributed by atoms with Crippen LogP contribution in [0, 0.1) is 27.7 Å². The Kier molecular flexibility index (Phi) is 22.0. The number of fused-ring (bicyclic) bond motifs is 6. The third-order valence-corrected chi connectivity index (χ3v) is 13.7. The van der Waals surface area contributed by atoms with Crippen LogP contribution >= 0.6 is 23.2 Å². The molecule has 0 spiro atoms. The summed E-state index contributed by atoms with van der Waals surface area (Å²) in [5, 5.41) is 8.14. The van der Waals surface area contributed by atoms with E-state index >= 15 is 0 Å². The lowest BCUT2D eigenvalue weighted by molar-refractivity contribution is -0.217. The van der Waals surface area contributed by atoms with Gasteiger partial charge in [0.05, 0.1) is 65.1 Å². The van der Waals surface area contributed by atoms with Gasteiger partial charge in [-0.05, 0) is 107 Å². The molecule has 2 aliphatic heterocycles. The predicted molar refractivity (Wildman–Crippen MR) is 299 cm³/mol. The molecule has 0 saturated heterocycles. The van der Waals surface area contributed by atoms with Gasteiger partial charge in [-0.15, -0.1) is 0 Å². The molecule has 0 unspecified atom stereocenters. The number of hydrogen-bond acceptors (Lipinski definition) is 21. The fourth-order valence-electron chi connectivity index (χ4n) is 9.16. The van der Waals surface area contributed by atoms with Gasteiger partial charge in [-0.2, -0.15) is 9.59 Å². The second kappa shape index (κ2) is 28.8. The Bertz CT molecular complexity index is 3240. The molecule has 2 atom stereocenters. The highest BCUT2D eigenvalue weighted by molar-refractivity contribution is 6.37. The molecule has 4 aromatic heterocycles. The van der Waals surface area contributed by atoms with Crippen LogP contribution in [0.25, 0.3) is 11.4 Å². The summed E-state index contributed by atoms with van der Waals surface area (Å²) in [5.41, 5.74) is 7.53. The summed E-state index contributed by atoms with van der Waals surface area (Å²) in [6.07, 6.45) is 9.99. The number of pyridine rings is 2. The lowest BCUT2D eigenvalue weighted by Crippen LogP contribution is -2.30. The first-order chi connectivity index (χ1) is 39.7. The number of nitrogens with zero attached hydrogens (tertiary/aromatic N) is 8. The molecule has 2 fully saturated rings. The van der Waals surface area contributed by atoms with E-state index in [-0.39, 0.29) is 32.9 Å². The number of carbonyl (C=O) groups is 6. The van der Waals surface area contributed by atoms with E-state index in [2.05, 4.69) is 41.7 Å². The van der Waals surface area contributed by atoms with Gasteiger partial charge in [0.15, 0.2) is 0 Å². The highest BCUT2D eigenvalue weighted by atomic mass is 35.5. The number of rotatable bonds is 14. The molecule has 25 heteroatoms.